The number of fused-ring (bicyclic) bond motifs is 1. The molecule has 138 valence electrons. The van der Waals surface area contributed by atoms with Gasteiger partial charge in [-0.05, 0) is 30.5 Å². The summed E-state index contributed by atoms with van der Waals surface area (Å²) in [6.45, 7) is 1.12. The number of amides is 2. The van der Waals surface area contributed by atoms with Gasteiger partial charge in [-0.25, -0.2) is 4.98 Å². The van der Waals surface area contributed by atoms with Gasteiger partial charge in [-0.2, -0.15) is 0 Å². The molecule has 1 aromatic carbocycles. The molecule has 3 heterocycles. The lowest BCUT2D eigenvalue weighted by Crippen LogP contribution is -2.35. The molecular formula is C19H17N3O3S2. The molecule has 0 unspecified atom stereocenters. The Labute approximate surface area is 164 Å². The first-order valence-corrected chi connectivity index (χ1v) is 10.5. The van der Waals surface area contributed by atoms with Crippen LogP contribution in [-0.2, 0) is 13.0 Å². The van der Waals surface area contributed by atoms with Crippen molar-refractivity contribution in [2.24, 2.45) is 0 Å². The molecule has 0 spiro atoms. The van der Waals surface area contributed by atoms with E-state index in [4.69, 9.17) is 4.42 Å². The monoisotopic (exact) mass is 399 g/mol. The third-order valence-corrected chi connectivity index (χ3v) is 6.11. The summed E-state index contributed by atoms with van der Waals surface area (Å²) >= 11 is 2.97. The Morgan fingerprint density at radius 3 is 2.89 bits per heavy atom. The molecular weight excluding hydrogens is 382 g/mol. The second kappa shape index (κ2) is 7.58. The molecule has 2 amide bonds. The average Bonchev–Trinajstić information content (AvgIpc) is 3.36. The molecule has 1 aliphatic rings. The molecule has 0 radical (unpaired) electrons. The zero-order valence-electron chi connectivity index (χ0n) is 14.6. The van der Waals surface area contributed by atoms with E-state index in [1.807, 2.05) is 35.4 Å². The van der Waals surface area contributed by atoms with Gasteiger partial charge in [-0.1, -0.05) is 23.5 Å². The quantitative estimate of drug-likeness (QED) is 0.673. The summed E-state index contributed by atoms with van der Waals surface area (Å²) < 4.78 is 5.10. The highest BCUT2D eigenvalue weighted by Crippen LogP contribution is 2.30. The Kier molecular flexibility index (Phi) is 5.00. The molecule has 4 rings (SSSR count). The number of hydrogen-bond donors (Lipinski definition) is 1. The fraction of sp³-hybridized carbons (Fsp3) is 0.211. The van der Waals surface area contributed by atoms with Crippen molar-refractivity contribution in [3.05, 3.63) is 64.6 Å². The number of nitrogens with one attached hydrogen (secondary N) is 1. The first-order valence-electron chi connectivity index (χ1n) is 8.41. The van der Waals surface area contributed by atoms with Gasteiger partial charge in [0, 0.05) is 22.7 Å². The van der Waals surface area contributed by atoms with Gasteiger partial charge in [0.15, 0.2) is 10.9 Å². The molecule has 27 heavy (non-hydrogen) atoms. The second-order valence-electron chi connectivity index (χ2n) is 6.00. The van der Waals surface area contributed by atoms with E-state index in [1.54, 1.807) is 23.9 Å². The van der Waals surface area contributed by atoms with Gasteiger partial charge in [-0.15, -0.1) is 11.8 Å². The zero-order chi connectivity index (χ0) is 18.8. The van der Waals surface area contributed by atoms with Gasteiger partial charge in [0.2, 0.25) is 0 Å². The van der Waals surface area contributed by atoms with E-state index in [0.29, 0.717) is 24.6 Å². The summed E-state index contributed by atoms with van der Waals surface area (Å²) in [6.07, 6.45) is 4.10. The molecule has 0 bridgehead atoms. The summed E-state index contributed by atoms with van der Waals surface area (Å²) in [5, 5.41) is 3.29. The Balaban J connectivity index is 1.49. The minimum atomic E-state index is -0.326. The van der Waals surface area contributed by atoms with E-state index >= 15 is 0 Å². The Bertz CT molecular complexity index is 982. The molecule has 0 atom stereocenters. The van der Waals surface area contributed by atoms with Crippen LogP contribution in [0.25, 0.3) is 0 Å². The van der Waals surface area contributed by atoms with Gasteiger partial charge in [0.25, 0.3) is 11.8 Å². The van der Waals surface area contributed by atoms with Crippen molar-refractivity contribution in [3.63, 3.8) is 0 Å². The van der Waals surface area contributed by atoms with Crippen LogP contribution in [0.1, 0.15) is 31.5 Å². The van der Waals surface area contributed by atoms with Gasteiger partial charge < -0.3 is 9.32 Å². The molecule has 0 aliphatic carbocycles. The van der Waals surface area contributed by atoms with Crippen LogP contribution in [0.5, 0.6) is 0 Å². The summed E-state index contributed by atoms with van der Waals surface area (Å²) in [5.41, 5.74) is 1.67. The highest BCUT2D eigenvalue weighted by molar-refractivity contribution is 7.98. The lowest BCUT2D eigenvalue weighted by Gasteiger charge is -2.26. The summed E-state index contributed by atoms with van der Waals surface area (Å²) in [7, 11) is 0. The van der Waals surface area contributed by atoms with Gasteiger partial charge in [-0.3, -0.25) is 14.9 Å². The third kappa shape index (κ3) is 3.63. The number of thioether (sulfide) groups is 1. The lowest BCUT2D eigenvalue weighted by atomic mass is 10.1. The third-order valence-electron chi connectivity index (χ3n) is 4.32. The SMILES string of the molecule is CSc1ccccc1C(=O)N1CCc2nc(NC(=O)c3ccco3)sc2C1. The highest BCUT2D eigenvalue weighted by Gasteiger charge is 2.26. The zero-order valence-corrected chi connectivity index (χ0v) is 16.2. The van der Waals surface area contributed by atoms with Crippen LogP contribution in [0.15, 0.2) is 52.0 Å². The standard InChI is InChI=1S/C19H17N3O3S2/c1-26-15-7-3-2-5-12(15)18(24)22-9-8-13-16(11-22)27-19(20-13)21-17(23)14-6-4-10-25-14/h2-7,10H,8-9,11H2,1H3,(H,20,21,23). The van der Waals surface area contributed by atoms with Crippen LogP contribution >= 0.6 is 23.1 Å². The van der Waals surface area contributed by atoms with E-state index in [0.717, 1.165) is 21.0 Å². The summed E-state index contributed by atoms with van der Waals surface area (Å²) in [4.78, 5) is 33.4. The maximum atomic E-state index is 12.9. The number of aromatic nitrogens is 1. The van der Waals surface area contributed by atoms with Crippen molar-refractivity contribution in [2.45, 2.75) is 17.9 Å². The topological polar surface area (TPSA) is 75.4 Å². The number of carbonyl (C=O) groups is 2. The fourth-order valence-corrected chi connectivity index (χ4v) is 4.59. The van der Waals surface area contributed by atoms with E-state index in [-0.39, 0.29) is 17.6 Å². The smallest absolute Gasteiger partial charge is 0.293 e. The number of carbonyl (C=O) groups excluding carboxylic acids is 2. The maximum absolute atomic E-state index is 12.9. The van der Waals surface area contributed by atoms with Crippen molar-refractivity contribution < 1.29 is 14.0 Å². The van der Waals surface area contributed by atoms with Crippen molar-refractivity contribution in [3.8, 4) is 0 Å². The van der Waals surface area contributed by atoms with Crippen LogP contribution in [0.4, 0.5) is 5.13 Å². The predicted molar refractivity (Wildman–Crippen MR) is 105 cm³/mol. The Morgan fingerprint density at radius 2 is 2.11 bits per heavy atom. The molecule has 8 heteroatoms. The molecule has 3 aromatic rings. The minimum absolute atomic E-state index is 0.0279. The van der Waals surface area contributed by atoms with Crippen LogP contribution in [-0.4, -0.2) is 34.5 Å². The van der Waals surface area contributed by atoms with E-state index in [9.17, 15) is 9.59 Å². The molecule has 1 N–H and O–H groups in total. The molecule has 0 saturated heterocycles. The maximum Gasteiger partial charge on any atom is 0.293 e. The van der Waals surface area contributed by atoms with Gasteiger partial charge in [0.1, 0.15) is 0 Å². The molecule has 0 saturated carbocycles. The predicted octanol–water partition coefficient (Wildman–Crippen LogP) is 3.91. The lowest BCUT2D eigenvalue weighted by molar-refractivity contribution is 0.0732. The van der Waals surface area contributed by atoms with Crippen LogP contribution in [0, 0.1) is 0 Å². The molecule has 0 fully saturated rings. The van der Waals surface area contributed by atoms with E-state index < -0.39 is 0 Å². The summed E-state index contributed by atoms with van der Waals surface area (Å²) in [6, 6.07) is 10.9. The number of benzene rings is 1. The van der Waals surface area contributed by atoms with Crippen LogP contribution in [0.2, 0.25) is 0 Å². The average molecular weight is 399 g/mol. The number of nitrogens with zero attached hydrogens (tertiary/aromatic N) is 2. The van der Waals surface area contributed by atoms with E-state index in [1.165, 1.54) is 17.6 Å². The first kappa shape index (κ1) is 17.8. The number of hydrogen-bond acceptors (Lipinski definition) is 6. The number of rotatable bonds is 4. The van der Waals surface area contributed by atoms with Crippen molar-refractivity contribution in [2.75, 3.05) is 18.1 Å². The molecule has 1 aliphatic heterocycles. The van der Waals surface area contributed by atoms with Crippen molar-refractivity contribution in [1.82, 2.24) is 9.88 Å². The normalized spacial score (nSPS) is 13.3. The van der Waals surface area contributed by atoms with Gasteiger partial charge in [0.05, 0.1) is 24.1 Å². The minimum Gasteiger partial charge on any atom is -0.459 e. The number of thiazole rings is 1. The van der Waals surface area contributed by atoms with Gasteiger partial charge >= 0.3 is 0 Å². The van der Waals surface area contributed by atoms with Crippen LogP contribution < -0.4 is 5.32 Å². The fourth-order valence-electron chi connectivity index (χ4n) is 2.98. The molecule has 2 aromatic heterocycles. The number of anilines is 1. The van der Waals surface area contributed by atoms with Crippen molar-refractivity contribution >= 4 is 40.0 Å². The second-order valence-corrected chi connectivity index (χ2v) is 7.93. The Morgan fingerprint density at radius 1 is 1.26 bits per heavy atom. The molecule has 6 nitrogen and oxygen atoms in total. The summed E-state index contributed by atoms with van der Waals surface area (Å²) in [5.74, 6) is -0.0539. The largest absolute Gasteiger partial charge is 0.459 e. The Hall–Kier alpha value is -2.58. The first-order chi connectivity index (χ1) is 13.2. The number of furan rings is 1. The van der Waals surface area contributed by atoms with Crippen molar-refractivity contribution in [1.29, 1.82) is 0 Å². The van der Waals surface area contributed by atoms with E-state index in [2.05, 4.69) is 10.3 Å². The van der Waals surface area contributed by atoms with Crippen LogP contribution in [0.3, 0.4) is 0 Å². The highest BCUT2D eigenvalue weighted by atomic mass is 32.2.